The zero-order valence-electron chi connectivity index (χ0n) is 14.5. The van der Waals surface area contributed by atoms with Crippen LogP contribution in [-0.4, -0.2) is 39.7 Å². The molecule has 1 spiro atoms. The van der Waals surface area contributed by atoms with E-state index in [9.17, 15) is 9.59 Å². The summed E-state index contributed by atoms with van der Waals surface area (Å²) >= 11 is 2.71. The van der Waals surface area contributed by atoms with Gasteiger partial charge in [0.1, 0.15) is 4.91 Å². The Hall–Kier alpha value is -1.93. The maximum Gasteiger partial charge on any atom is 0.346 e. The van der Waals surface area contributed by atoms with Crippen molar-refractivity contribution in [1.29, 1.82) is 0 Å². The minimum absolute atomic E-state index is 0.0981. The normalized spacial score (nSPS) is 22.6. The predicted octanol–water partition coefficient (Wildman–Crippen LogP) is 3.23. The Balaban J connectivity index is 2.03. The second-order valence-electron chi connectivity index (χ2n) is 5.56. The van der Waals surface area contributed by atoms with Crippen molar-refractivity contribution in [3.63, 3.8) is 0 Å². The lowest BCUT2D eigenvalue weighted by Crippen LogP contribution is -2.47. The van der Waals surface area contributed by atoms with Crippen LogP contribution in [0.2, 0.25) is 0 Å². The molecule has 8 heteroatoms. The number of para-hydroxylation sites is 1. The van der Waals surface area contributed by atoms with E-state index in [2.05, 4.69) is 5.10 Å². The summed E-state index contributed by atoms with van der Waals surface area (Å²) in [6.07, 6.45) is 0. The molecule has 0 amide bonds. The van der Waals surface area contributed by atoms with Crippen molar-refractivity contribution in [2.45, 2.75) is 25.1 Å². The van der Waals surface area contributed by atoms with Gasteiger partial charge in [-0.2, -0.15) is 5.10 Å². The van der Waals surface area contributed by atoms with Gasteiger partial charge >= 0.3 is 5.97 Å². The van der Waals surface area contributed by atoms with Crippen LogP contribution in [0.1, 0.15) is 20.8 Å². The number of Topliss-reactive ketones (excluding diaryl/α,β-unsaturated/α-hetero) is 1. The largest absolute Gasteiger partial charge is 0.462 e. The summed E-state index contributed by atoms with van der Waals surface area (Å²) in [5.41, 5.74) is 1.65. The molecule has 0 unspecified atom stereocenters. The minimum Gasteiger partial charge on any atom is -0.462 e. The molecule has 0 saturated carbocycles. The Bertz CT molecular complexity index is 779. The molecule has 0 saturated heterocycles. The van der Waals surface area contributed by atoms with E-state index in [4.69, 9.17) is 4.74 Å². The summed E-state index contributed by atoms with van der Waals surface area (Å²) in [6, 6.07) is 9.62. The molecule has 1 atom stereocenters. The number of hydrogen-bond donors (Lipinski definition) is 0. The van der Waals surface area contributed by atoms with E-state index in [-0.39, 0.29) is 11.8 Å². The number of carbonyl (C=O) groups excluding carboxylic acids is 2. The number of anilines is 1. The van der Waals surface area contributed by atoms with Crippen molar-refractivity contribution in [2.24, 2.45) is 5.10 Å². The fourth-order valence-corrected chi connectivity index (χ4v) is 5.45. The monoisotopic (exact) mass is 377 g/mol. The third-order valence-corrected chi connectivity index (χ3v) is 7.10. The molecule has 2 aliphatic heterocycles. The first-order chi connectivity index (χ1) is 11.9. The van der Waals surface area contributed by atoms with Gasteiger partial charge < -0.3 is 9.64 Å². The first-order valence-corrected chi connectivity index (χ1v) is 9.48. The molecule has 1 aromatic carbocycles. The molecule has 0 N–H and O–H groups in total. The highest BCUT2D eigenvalue weighted by Gasteiger charge is 2.55. The average molecular weight is 377 g/mol. The Morgan fingerprint density at radius 3 is 2.52 bits per heavy atom. The van der Waals surface area contributed by atoms with Crippen LogP contribution in [0.5, 0.6) is 0 Å². The molecule has 2 aliphatic rings. The number of ketones is 1. The number of nitrogens with zero attached hydrogens (tertiary/aromatic N) is 3. The van der Waals surface area contributed by atoms with Gasteiger partial charge in [0.25, 0.3) is 0 Å². The Morgan fingerprint density at radius 2 is 1.92 bits per heavy atom. The number of hydrazone groups is 1. The first kappa shape index (κ1) is 17.9. The Labute approximate surface area is 155 Å². The number of thioether (sulfide) groups is 2. The van der Waals surface area contributed by atoms with Gasteiger partial charge in [0.2, 0.25) is 4.33 Å². The highest BCUT2D eigenvalue weighted by molar-refractivity contribution is 8.28. The first-order valence-electron chi connectivity index (χ1n) is 7.85. The fraction of sp³-hybridized carbons (Fsp3) is 0.353. The van der Waals surface area contributed by atoms with E-state index in [1.807, 2.05) is 49.2 Å². The van der Waals surface area contributed by atoms with Crippen molar-refractivity contribution in [3.8, 4) is 0 Å². The van der Waals surface area contributed by atoms with Gasteiger partial charge in [-0.25, -0.2) is 9.80 Å². The number of esters is 1. The number of carbonyl (C=O) groups is 2. The molecule has 3 rings (SSSR count). The summed E-state index contributed by atoms with van der Waals surface area (Å²) in [5.74, 6) is -0.447. The van der Waals surface area contributed by atoms with Gasteiger partial charge in [0.15, 0.2) is 10.8 Å². The summed E-state index contributed by atoms with van der Waals surface area (Å²) in [4.78, 5) is 26.8. The molecule has 6 nitrogen and oxygen atoms in total. The molecule has 25 heavy (non-hydrogen) atoms. The quantitative estimate of drug-likeness (QED) is 0.747. The van der Waals surface area contributed by atoms with Crippen molar-refractivity contribution < 1.29 is 14.3 Å². The lowest BCUT2D eigenvalue weighted by atomic mass is 10.3. The molecule has 0 aliphatic carbocycles. The van der Waals surface area contributed by atoms with E-state index in [0.29, 0.717) is 16.6 Å². The van der Waals surface area contributed by atoms with Gasteiger partial charge in [-0.3, -0.25) is 4.79 Å². The lowest BCUT2D eigenvalue weighted by molar-refractivity contribution is -0.137. The highest BCUT2D eigenvalue weighted by atomic mass is 32.2. The fourth-order valence-electron chi connectivity index (χ4n) is 2.58. The van der Waals surface area contributed by atoms with Crippen LogP contribution in [0.4, 0.5) is 5.69 Å². The molecule has 1 aromatic rings. The van der Waals surface area contributed by atoms with Gasteiger partial charge in [0.05, 0.1) is 12.3 Å². The van der Waals surface area contributed by atoms with Crippen LogP contribution in [0.3, 0.4) is 0 Å². The average Bonchev–Trinajstić information content (AvgIpc) is 3.11. The zero-order valence-corrected chi connectivity index (χ0v) is 16.1. The third-order valence-electron chi connectivity index (χ3n) is 3.94. The minimum atomic E-state index is -0.755. The van der Waals surface area contributed by atoms with Gasteiger partial charge in [-0.1, -0.05) is 30.0 Å². The molecule has 0 bridgehead atoms. The van der Waals surface area contributed by atoms with E-state index in [1.54, 1.807) is 11.9 Å². The summed E-state index contributed by atoms with van der Waals surface area (Å²) in [6.45, 7) is 5.48. The van der Waals surface area contributed by atoms with Crippen molar-refractivity contribution in [1.82, 2.24) is 4.90 Å². The van der Waals surface area contributed by atoms with E-state index in [1.165, 1.54) is 30.4 Å². The van der Waals surface area contributed by atoms with Crippen molar-refractivity contribution >= 4 is 46.0 Å². The summed E-state index contributed by atoms with van der Waals surface area (Å²) in [5, 5.41) is 6.76. The second kappa shape index (κ2) is 6.76. The molecule has 2 heterocycles. The van der Waals surface area contributed by atoms with Crippen LogP contribution in [0, 0.1) is 0 Å². The van der Waals surface area contributed by atoms with Gasteiger partial charge in [0, 0.05) is 19.7 Å². The standard InChI is InChI=1S/C17H19N3O3S2/c1-5-23-16(22)14-11(2)19(4)17(24-14)20(13-9-7-6-8-10-13)18-15(25-17)12(3)21/h6-10H,5H2,1-4H3/t17-/m1/s1. The third kappa shape index (κ3) is 2.93. The van der Waals surface area contributed by atoms with E-state index in [0.717, 1.165) is 11.4 Å². The van der Waals surface area contributed by atoms with Gasteiger partial charge in [-0.15, -0.1) is 0 Å². The van der Waals surface area contributed by atoms with Gasteiger partial charge in [-0.05, 0) is 37.7 Å². The summed E-state index contributed by atoms with van der Waals surface area (Å²) in [7, 11) is 1.90. The van der Waals surface area contributed by atoms with Crippen LogP contribution in [-0.2, 0) is 14.3 Å². The van der Waals surface area contributed by atoms with Crippen LogP contribution in [0.25, 0.3) is 0 Å². The molecule has 132 valence electrons. The molecule has 0 fully saturated rings. The molecular formula is C17H19N3O3S2. The van der Waals surface area contributed by atoms with Crippen LogP contribution in [0.15, 0.2) is 46.0 Å². The van der Waals surface area contributed by atoms with E-state index >= 15 is 0 Å². The SMILES string of the molecule is CCOC(=O)C1=C(C)N(C)[C@]2(SC(C(C)=O)=NN2c2ccccc2)S1. The zero-order chi connectivity index (χ0) is 18.2. The number of ether oxygens (including phenoxy) is 1. The van der Waals surface area contributed by atoms with Crippen molar-refractivity contribution in [3.05, 3.63) is 40.9 Å². The molecule has 0 aromatic heterocycles. The summed E-state index contributed by atoms with van der Waals surface area (Å²) < 4.78 is 4.43. The smallest absolute Gasteiger partial charge is 0.346 e. The number of allylic oxidation sites excluding steroid dienone is 1. The maximum absolute atomic E-state index is 12.3. The second-order valence-corrected chi connectivity index (χ2v) is 8.16. The Kier molecular flexibility index (Phi) is 4.83. The molecule has 0 radical (unpaired) electrons. The maximum atomic E-state index is 12.3. The highest BCUT2D eigenvalue weighted by Crippen LogP contribution is 2.58. The number of hydrogen-bond acceptors (Lipinski definition) is 8. The van der Waals surface area contributed by atoms with Crippen LogP contribution >= 0.6 is 23.5 Å². The predicted molar refractivity (Wildman–Crippen MR) is 102 cm³/mol. The Morgan fingerprint density at radius 1 is 1.24 bits per heavy atom. The number of benzene rings is 1. The topological polar surface area (TPSA) is 62.2 Å². The van der Waals surface area contributed by atoms with E-state index < -0.39 is 4.33 Å². The van der Waals surface area contributed by atoms with Crippen molar-refractivity contribution in [2.75, 3.05) is 18.7 Å². The number of rotatable bonds is 4. The molecular weight excluding hydrogens is 358 g/mol. The van der Waals surface area contributed by atoms with Crippen LogP contribution < -0.4 is 5.01 Å². The lowest BCUT2D eigenvalue weighted by Gasteiger charge is -2.39.